The first-order chi connectivity index (χ1) is 5.79. The monoisotopic (exact) mass is 184 g/mol. The van der Waals surface area contributed by atoms with Gasteiger partial charge in [-0.25, -0.2) is 0 Å². The van der Waals surface area contributed by atoms with E-state index in [-0.39, 0.29) is 6.04 Å². The molecule has 0 aromatic heterocycles. The molecular formula is C9H13ClN2. The molecule has 66 valence electrons. The van der Waals surface area contributed by atoms with Crippen molar-refractivity contribution in [3.05, 3.63) is 34.9 Å². The van der Waals surface area contributed by atoms with Gasteiger partial charge in [-0.1, -0.05) is 29.8 Å². The number of hydrogen-bond acceptors (Lipinski definition) is 2. The third kappa shape index (κ3) is 1.97. The fourth-order valence-corrected chi connectivity index (χ4v) is 1.43. The van der Waals surface area contributed by atoms with Crippen LogP contribution in [0.25, 0.3) is 0 Å². The van der Waals surface area contributed by atoms with Crippen LogP contribution in [0, 0.1) is 0 Å². The third-order valence-electron chi connectivity index (χ3n) is 1.86. The van der Waals surface area contributed by atoms with Crippen molar-refractivity contribution in [2.75, 3.05) is 13.6 Å². The summed E-state index contributed by atoms with van der Waals surface area (Å²) < 4.78 is 0. The molecule has 0 bridgehead atoms. The predicted octanol–water partition coefficient (Wildman–Crippen LogP) is 1.56. The van der Waals surface area contributed by atoms with Gasteiger partial charge in [0.25, 0.3) is 0 Å². The molecule has 1 aromatic carbocycles. The molecule has 0 aliphatic rings. The summed E-state index contributed by atoms with van der Waals surface area (Å²) in [5, 5.41) is 3.87. The fraction of sp³-hybridized carbons (Fsp3) is 0.333. The number of likely N-dealkylation sites (N-methyl/N-ethyl adjacent to an activating group) is 1. The molecule has 0 spiro atoms. The summed E-state index contributed by atoms with van der Waals surface area (Å²) in [5.41, 5.74) is 6.62. The van der Waals surface area contributed by atoms with Crippen LogP contribution in [0.3, 0.4) is 0 Å². The molecule has 1 unspecified atom stereocenters. The van der Waals surface area contributed by atoms with E-state index in [1.165, 1.54) is 0 Å². The van der Waals surface area contributed by atoms with E-state index >= 15 is 0 Å². The maximum atomic E-state index is 5.98. The van der Waals surface area contributed by atoms with E-state index in [9.17, 15) is 0 Å². The highest BCUT2D eigenvalue weighted by Gasteiger charge is 2.08. The summed E-state index contributed by atoms with van der Waals surface area (Å²) >= 11 is 5.98. The molecule has 0 aliphatic heterocycles. The molecule has 1 atom stereocenters. The highest BCUT2D eigenvalue weighted by molar-refractivity contribution is 6.31. The molecule has 1 rings (SSSR count). The van der Waals surface area contributed by atoms with E-state index in [0.29, 0.717) is 6.54 Å². The van der Waals surface area contributed by atoms with Gasteiger partial charge in [-0.3, -0.25) is 0 Å². The number of nitrogens with two attached hydrogens (primary N) is 1. The lowest BCUT2D eigenvalue weighted by Crippen LogP contribution is -2.24. The Bertz CT molecular complexity index is 246. The highest BCUT2D eigenvalue weighted by Crippen LogP contribution is 2.21. The van der Waals surface area contributed by atoms with Crippen molar-refractivity contribution in [1.29, 1.82) is 0 Å². The zero-order chi connectivity index (χ0) is 8.97. The molecule has 0 heterocycles. The van der Waals surface area contributed by atoms with Gasteiger partial charge in [-0.15, -0.1) is 0 Å². The smallest absolute Gasteiger partial charge is 0.0456 e. The molecule has 3 heteroatoms. The van der Waals surface area contributed by atoms with Crippen molar-refractivity contribution in [2.45, 2.75) is 6.04 Å². The summed E-state index contributed by atoms with van der Waals surface area (Å²) in [7, 11) is 1.88. The van der Waals surface area contributed by atoms with Crippen molar-refractivity contribution < 1.29 is 0 Å². The van der Waals surface area contributed by atoms with Crippen LogP contribution in [0.4, 0.5) is 0 Å². The van der Waals surface area contributed by atoms with Gasteiger partial charge in [-0.2, -0.15) is 0 Å². The molecule has 0 amide bonds. The Balaban J connectivity index is 2.92. The Kier molecular flexibility index (Phi) is 3.53. The molecule has 2 nitrogen and oxygen atoms in total. The fourth-order valence-electron chi connectivity index (χ4n) is 1.16. The predicted molar refractivity (Wildman–Crippen MR) is 52.3 cm³/mol. The zero-order valence-electron chi connectivity index (χ0n) is 7.05. The number of hydrogen-bond donors (Lipinski definition) is 2. The lowest BCUT2D eigenvalue weighted by molar-refractivity contribution is 0.606. The van der Waals surface area contributed by atoms with Gasteiger partial charge in [0.2, 0.25) is 0 Å². The Morgan fingerprint density at radius 2 is 2.17 bits per heavy atom. The van der Waals surface area contributed by atoms with Gasteiger partial charge in [0.1, 0.15) is 0 Å². The number of halogens is 1. The van der Waals surface area contributed by atoms with Gasteiger partial charge in [0, 0.05) is 17.6 Å². The van der Waals surface area contributed by atoms with Crippen molar-refractivity contribution in [3.63, 3.8) is 0 Å². The Morgan fingerprint density at radius 1 is 1.50 bits per heavy atom. The Morgan fingerprint density at radius 3 is 2.67 bits per heavy atom. The first-order valence-corrected chi connectivity index (χ1v) is 4.29. The van der Waals surface area contributed by atoms with Crippen molar-refractivity contribution in [1.82, 2.24) is 5.32 Å². The lowest BCUT2D eigenvalue weighted by atomic mass is 10.1. The summed E-state index contributed by atoms with van der Waals surface area (Å²) in [6.45, 7) is 0.556. The Labute approximate surface area is 77.7 Å². The van der Waals surface area contributed by atoms with E-state index in [2.05, 4.69) is 5.32 Å². The summed E-state index contributed by atoms with van der Waals surface area (Å²) in [5.74, 6) is 0. The van der Waals surface area contributed by atoms with E-state index in [1.54, 1.807) is 0 Å². The molecule has 0 fully saturated rings. The summed E-state index contributed by atoms with van der Waals surface area (Å²) in [6, 6.07) is 7.88. The van der Waals surface area contributed by atoms with Crippen molar-refractivity contribution in [3.8, 4) is 0 Å². The number of rotatable bonds is 3. The van der Waals surface area contributed by atoms with Gasteiger partial charge in [0.15, 0.2) is 0 Å². The van der Waals surface area contributed by atoms with Crippen LogP contribution in [0.5, 0.6) is 0 Å². The van der Waals surface area contributed by atoms with Crippen LogP contribution in [0.1, 0.15) is 11.6 Å². The normalized spacial score (nSPS) is 12.9. The second-order valence-corrected chi connectivity index (χ2v) is 3.01. The van der Waals surface area contributed by atoms with Crippen LogP contribution in [0.15, 0.2) is 24.3 Å². The van der Waals surface area contributed by atoms with E-state index in [0.717, 1.165) is 10.6 Å². The Hall–Kier alpha value is -0.570. The van der Waals surface area contributed by atoms with Crippen LogP contribution < -0.4 is 11.1 Å². The van der Waals surface area contributed by atoms with Crippen LogP contribution >= 0.6 is 11.6 Å². The third-order valence-corrected chi connectivity index (χ3v) is 2.21. The number of nitrogens with one attached hydrogen (secondary N) is 1. The van der Waals surface area contributed by atoms with E-state index in [4.69, 9.17) is 17.3 Å². The van der Waals surface area contributed by atoms with Gasteiger partial charge in [-0.05, 0) is 18.7 Å². The largest absolute Gasteiger partial charge is 0.329 e. The topological polar surface area (TPSA) is 38.0 Å². The first kappa shape index (κ1) is 9.52. The molecular weight excluding hydrogens is 172 g/mol. The summed E-state index contributed by atoms with van der Waals surface area (Å²) in [4.78, 5) is 0. The highest BCUT2D eigenvalue weighted by atomic mass is 35.5. The van der Waals surface area contributed by atoms with Crippen LogP contribution in [0.2, 0.25) is 5.02 Å². The minimum atomic E-state index is 0.152. The minimum Gasteiger partial charge on any atom is -0.329 e. The van der Waals surface area contributed by atoms with E-state index in [1.807, 2.05) is 31.3 Å². The van der Waals surface area contributed by atoms with Crippen molar-refractivity contribution in [2.24, 2.45) is 5.73 Å². The SMILES string of the molecule is CNC(CN)c1ccccc1Cl. The van der Waals surface area contributed by atoms with E-state index < -0.39 is 0 Å². The quantitative estimate of drug-likeness (QED) is 0.749. The lowest BCUT2D eigenvalue weighted by Gasteiger charge is -2.14. The molecule has 0 radical (unpaired) electrons. The molecule has 12 heavy (non-hydrogen) atoms. The standard InChI is InChI=1S/C9H13ClN2/c1-12-9(6-11)7-4-2-3-5-8(7)10/h2-5,9,12H,6,11H2,1H3. The van der Waals surface area contributed by atoms with Crippen molar-refractivity contribution >= 4 is 11.6 Å². The maximum absolute atomic E-state index is 5.98. The van der Waals surface area contributed by atoms with Crippen LogP contribution in [-0.4, -0.2) is 13.6 Å². The molecule has 1 aromatic rings. The van der Waals surface area contributed by atoms with Crippen LogP contribution in [-0.2, 0) is 0 Å². The van der Waals surface area contributed by atoms with Gasteiger partial charge < -0.3 is 11.1 Å². The second kappa shape index (κ2) is 4.45. The zero-order valence-corrected chi connectivity index (χ0v) is 7.81. The first-order valence-electron chi connectivity index (χ1n) is 3.91. The average Bonchev–Trinajstić information content (AvgIpc) is 2.10. The molecule has 0 aliphatic carbocycles. The minimum absolute atomic E-state index is 0.152. The molecule has 3 N–H and O–H groups in total. The summed E-state index contributed by atoms with van der Waals surface area (Å²) in [6.07, 6.45) is 0. The van der Waals surface area contributed by atoms with Gasteiger partial charge in [0.05, 0.1) is 0 Å². The molecule has 0 saturated carbocycles. The average molecular weight is 185 g/mol. The molecule has 0 saturated heterocycles. The second-order valence-electron chi connectivity index (χ2n) is 2.60. The van der Waals surface area contributed by atoms with Gasteiger partial charge >= 0.3 is 0 Å². The number of benzene rings is 1. The maximum Gasteiger partial charge on any atom is 0.0456 e.